The lowest BCUT2D eigenvalue weighted by atomic mass is 10.0. The first-order chi connectivity index (χ1) is 9.76. The Balaban J connectivity index is 0.00000220. The summed E-state index contributed by atoms with van der Waals surface area (Å²) in [7, 11) is 1.88. The average Bonchev–Trinajstić information content (AvgIpc) is 3.32. The largest absolute Gasteiger partial charge is 0.356 e. The van der Waals surface area contributed by atoms with Gasteiger partial charge in [-0.1, -0.05) is 26.7 Å². The third-order valence-corrected chi connectivity index (χ3v) is 4.87. The van der Waals surface area contributed by atoms with Gasteiger partial charge >= 0.3 is 0 Å². The van der Waals surface area contributed by atoms with Gasteiger partial charge in [0.1, 0.15) is 0 Å². The fourth-order valence-electron chi connectivity index (χ4n) is 3.05. The zero-order valence-electron chi connectivity index (χ0n) is 13.9. The van der Waals surface area contributed by atoms with E-state index in [0.717, 1.165) is 24.5 Å². The highest BCUT2D eigenvalue weighted by molar-refractivity contribution is 14.0. The van der Waals surface area contributed by atoms with Crippen LogP contribution in [-0.4, -0.2) is 49.6 Å². The van der Waals surface area contributed by atoms with Crippen molar-refractivity contribution < 1.29 is 0 Å². The molecule has 0 unspecified atom stereocenters. The molecule has 0 aromatic carbocycles. The van der Waals surface area contributed by atoms with E-state index in [1.165, 1.54) is 51.6 Å². The Kier molecular flexibility index (Phi) is 8.94. The first kappa shape index (κ1) is 19.0. The van der Waals surface area contributed by atoms with Gasteiger partial charge in [-0.3, -0.25) is 4.99 Å². The van der Waals surface area contributed by atoms with Crippen molar-refractivity contribution in [2.45, 2.75) is 64.5 Å². The van der Waals surface area contributed by atoms with Gasteiger partial charge in [-0.2, -0.15) is 0 Å². The third-order valence-electron chi connectivity index (χ3n) is 4.87. The molecule has 0 aromatic rings. The summed E-state index contributed by atoms with van der Waals surface area (Å²) in [4.78, 5) is 7.04. The Morgan fingerprint density at radius 2 is 1.76 bits per heavy atom. The van der Waals surface area contributed by atoms with Crippen LogP contribution in [0.3, 0.4) is 0 Å². The molecule has 21 heavy (non-hydrogen) atoms. The van der Waals surface area contributed by atoms with E-state index < -0.39 is 0 Å². The lowest BCUT2D eigenvalue weighted by molar-refractivity contribution is 0.197. The first-order valence-corrected chi connectivity index (χ1v) is 8.48. The monoisotopic (exact) mass is 408 g/mol. The van der Waals surface area contributed by atoms with E-state index >= 15 is 0 Å². The minimum atomic E-state index is 0. The van der Waals surface area contributed by atoms with Gasteiger partial charge in [0.2, 0.25) is 0 Å². The average molecular weight is 408 g/mol. The highest BCUT2D eigenvalue weighted by Gasteiger charge is 2.31. The molecule has 0 radical (unpaired) electrons. The molecular formula is C16H33IN4. The summed E-state index contributed by atoms with van der Waals surface area (Å²) in [5.41, 5.74) is 0. The zero-order chi connectivity index (χ0) is 14.4. The fraction of sp³-hybridized carbons (Fsp3) is 0.938. The van der Waals surface area contributed by atoms with Gasteiger partial charge in [0.15, 0.2) is 5.96 Å². The van der Waals surface area contributed by atoms with Crippen LogP contribution >= 0.6 is 24.0 Å². The zero-order valence-corrected chi connectivity index (χ0v) is 16.2. The summed E-state index contributed by atoms with van der Waals surface area (Å²) in [5, 5.41) is 7.09. The van der Waals surface area contributed by atoms with E-state index in [2.05, 4.69) is 34.4 Å². The fourth-order valence-corrected chi connectivity index (χ4v) is 3.05. The number of halogens is 1. The van der Waals surface area contributed by atoms with Crippen molar-refractivity contribution in [3.05, 3.63) is 0 Å². The van der Waals surface area contributed by atoms with Crippen LogP contribution in [0.1, 0.15) is 52.4 Å². The number of piperidine rings is 1. The molecule has 2 rings (SSSR count). The van der Waals surface area contributed by atoms with Crippen molar-refractivity contribution in [2.75, 3.05) is 26.7 Å². The van der Waals surface area contributed by atoms with Crippen molar-refractivity contribution in [1.29, 1.82) is 0 Å². The van der Waals surface area contributed by atoms with Crippen LogP contribution in [0.5, 0.6) is 0 Å². The summed E-state index contributed by atoms with van der Waals surface area (Å²) in [6.45, 7) is 8.07. The maximum Gasteiger partial charge on any atom is 0.191 e. The van der Waals surface area contributed by atoms with Gasteiger partial charge in [-0.15, -0.1) is 24.0 Å². The molecule has 0 aromatic heterocycles. The van der Waals surface area contributed by atoms with Crippen molar-refractivity contribution in [1.82, 2.24) is 15.5 Å². The SMILES string of the molecule is CCC(CC)CNC(=NC)NC1CCN(C2CC2)CC1.I. The van der Waals surface area contributed by atoms with Crippen LogP contribution in [0.25, 0.3) is 0 Å². The van der Waals surface area contributed by atoms with E-state index in [1.807, 2.05) is 7.05 Å². The Labute approximate surface area is 147 Å². The number of hydrogen-bond donors (Lipinski definition) is 2. The quantitative estimate of drug-likeness (QED) is 0.404. The molecule has 2 fully saturated rings. The predicted molar refractivity (Wildman–Crippen MR) is 102 cm³/mol. The van der Waals surface area contributed by atoms with Crippen LogP contribution in [0, 0.1) is 5.92 Å². The van der Waals surface area contributed by atoms with Crippen LogP contribution in [0.2, 0.25) is 0 Å². The summed E-state index contributed by atoms with van der Waals surface area (Å²) >= 11 is 0. The van der Waals surface area contributed by atoms with Crippen molar-refractivity contribution >= 4 is 29.9 Å². The Hall–Kier alpha value is -0.0400. The van der Waals surface area contributed by atoms with Gasteiger partial charge in [0, 0.05) is 38.8 Å². The molecule has 0 bridgehead atoms. The summed E-state index contributed by atoms with van der Waals surface area (Å²) in [6, 6.07) is 1.51. The van der Waals surface area contributed by atoms with E-state index in [-0.39, 0.29) is 24.0 Å². The second-order valence-electron chi connectivity index (χ2n) is 6.32. The summed E-state index contributed by atoms with van der Waals surface area (Å²) in [5.74, 6) is 1.74. The van der Waals surface area contributed by atoms with E-state index in [0.29, 0.717) is 6.04 Å². The number of rotatable bonds is 6. The molecule has 0 atom stereocenters. The Bertz CT molecular complexity index is 305. The number of guanidine groups is 1. The van der Waals surface area contributed by atoms with E-state index in [4.69, 9.17) is 0 Å². The van der Waals surface area contributed by atoms with Gasteiger partial charge in [-0.25, -0.2) is 0 Å². The van der Waals surface area contributed by atoms with Crippen LogP contribution in [-0.2, 0) is 0 Å². The molecule has 1 aliphatic heterocycles. The highest BCUT2D eigenvalue weighted by atomic mass is 127. The normalized spacial score (nSPS) is 21.2. The molecule has 1 aliphatic carbocycles. The molecule has 4 nitrogen and oxygen atoms in total. The Morgan fingerprint density at radius 3 is 2.24 bits per heavy atom. The molecule has 2 N–H and O–H groups in total. The van der Waals surface area contributed by atoms with Gasteiger partial charge in [0.25, 0.3) is 0 Å². The molecule has 124 valence electrons. The maximum absolute atomic E-state index is 4.37. The van der Waals surface area contributed by atoms with Crippen molar-refractivity contribution in [3.63, 3.8) is 0 Å². The number of nitrogens with zero attached hydrogens (tertiary/aromatic N) is 2. The molecule has 0 amide bonds. The topological polar surface area (TPSA) is 39.7 Å². The summed E-state index contributed by atoms with van der Waals surface area (Å²) < 4.78 is 0. The van der Waals surface area contributed by atoms with Crippen molar-refractivity contribution in [2.24, 2.45) is 10.9 Å². The predicted octanol–water partition coefficient (Wildman–Crippen LogP) is 2.83. The molecule has 1 saturated carbocycles. The lowest BCUT2D eigenvalue weighted by Crippen LogP contribution is -2.49. The molecule has 2 aliphatic rings. The molecule has 0 spiro atoms. The van der Waals surface area contributed by atoms with Crippen LogP contribution < -0.4 is 10.6 Å². The van der Waals surface area contributed by atoms with Crippen LogP contribution in [0.15, 0.2) is 4.99 Å². The second-order valence-corrected chi connectivity index (χ2v) is 6.32. The third kappa shape index (κ3) is 6.30. The smallest absolute Gasteiger partial charge is 0.191 e. The van der Waals surface area contributed by atoms with Gasteiger partial charge in [0.05, 0.1) is 0 Å². The van der Waals surface area contributed by atoms with Crippen LogP contribution in [0.4, 0.5) is 0 Å². The Morgan fingerprint density at radius 1 is 1.14 bits per heavy atom. The second kappa shape index (κ2) is 9.87. The number of nitrogens with one attached hydrogen (secondary N) is 2. The first-order valence-electron chi connectivity index (χ1n) is 8.48. The molecule has 1 saturated heterocycles. The number of likely N-dealkylation sites (tertiary alicyclic amines) is 1. The van der Waals surface area contributed by atoms with Gasteiger partial charge < -0.3 is 15.5 Å². The highest BCUT2D eigenvalue weighted by Crippen LogP contribution is 2.29. The van der Waals surface area contributed by atoms with E-state index in [1.54, 1.807) is 0 Å². The molecule has 5 heteroatoms. The van der Waals surface area contributed by atoms with Crippen molar-refractivity contribution in [3.8, 4) is 0 Å². The molecule has 1 heterocycles. The summed E-state index contributed by atoms with van der Waals surface area (Å²) in [6.07, 6.45) is 7.83. The number of aliphatic imine (C=N–C) groups is 1. The lowest BCUT2D eigenvalue weighted by Gasteiger charge is -2.33. The maximum atomic E-state index is 4.37. The number of hydrogen-bond acceptors (Lipinski definition) is 2. The minimum absolute atomic E-state index is 0. The van der Waals surface area contributed by atoms with E-state index in [9.17, 15) is 0 Å². The molecular weight excluding hydrogens is 375 g/mol. The van der Waals surface area contributed by atoms with Gasteiger partial charge in [-0.05, 0) is 31.6 Å². The minimum Gasteiger partial charge on any atom is -0.356 e. The standard InChI is InChI=1S/C16H32N4.HI/c1-4-13(5-2)12-18-16(17-3)19-14-8-10-20(11-9-14)15-6-7-15;/h13-15H,4-12H2,1-3H3,(H2,17,18,19);1H.